The van der Waals surface area contributed by atoms with Gasteiger partial charge in [0, 0.05) is 19.1 Å². The molecule has 0 aromatic heterocycles. The molecule has 5 N–H and O–H groups in total. The van der Waals surface area contributed by atoms with Gasteiger partial charge in [0.1, 0.15) is 0 Å². The van der Waals surface area contributed by atoms with E-state index < -0.39 is 0 Å². The zero-order valence-electron chi connectivity index (χ0n) is 10.8. The number of benzene rings is 1. The second-order valence-electron chi connectivity index (χ2n) is 4.15. The Balaban J connectivity index is 2.37. The quantitative estimate of drug-likeness (QED) is 0.596. The molecule has 1 aromatic rings. The maximum Gasteiger partial charge on any atom is 0.165 e. The molecule has 1 rings (SSSR count). The van der Waals surface area contributed by atoms with E-state index in [1.807, 2.05) is 13.0 Å². The van der Waals surface area contributed by atoms with Crippen LogP contribution < -0.4 is 21.5 Å². The Kier molecular flexibility index (Phi) is 6.64. The van der Waals surface area contributed by atoms with E-state index in [1.165, 1.54) is 6.07 Å². The van der Waals surface area contributed by atoms with Crippen LogP contribution in [-0.4, -0.2) is 32.3 Å². The predicted molar refractivity (Wildman–Crippen MR) is 71.2 cm³/mol. The van der Waals surface area contributed by atoms with Crippen molar-refractivity contribution in [1.82, 2.24) is 5.32 Å². The number of rotatable bonds is 8. The van der Waals surface area contributed by atoms with Gasteiger partial charge in [-0.05, 0) is 37.6 Å². The summed E-state index contributed by atoms with van der Waals surface area (Å²) < 4.78 is 18.7. The SMILES string of the molecule is CCOc1ccc(CCNCC(N)CN)cc1F. The first kappa shape index (κ1) is 14.9. The minimum atomic E-state index is -0.312. The molecule has 0 spiro atoms. The molecule has 0 saturated heterocycles. The minimum Gasteiger partial charge on any atom is -0.491 e. The van der Waals surface area contributed by atoms with E-state index in [0.29, 0.717) is 25.4 Å². The summed E-state index contributed by atoms with van der Waals surface area (Å²) in [5, 5.41) is 3.19. The van der Waals surface area contributed by atoms with Crippen molar-refractivity contribution < 1.29 is 9.13 Å². The van der Waals surface area contributed by atoms with Crippen molar-refractivity contribution in [2.45, 2.75) is 19.4 Å². The Morgan fingerprint density at radius 1 is 1.44 bits per heavy atom. The molecular formula is C13H22FN3O. The third-order valence-corrected chi connectivity index (χ3v) is 2.60. The standard InChI is InChI=1S/C13H22FN3O/c1-2-18-13-4-3-10(7-12(13)14)5-6-17-9-11(16)8-15/h3-4,7,11,17H,2,5-6,8-9,15-16H2,1H3. The molecule has 0 heterocycles. The average molecular weight is 255 g/mol. The highest BCUT2D eigenvalue weighted by Gasteiger charge is 2.04. The molecule has 0 aliphatic heterocycles. The first-order chi connectivity index (χ1) is 8.67. The molecule has 102 valence electrons. The molecule has 0 radical (unpaired) electrons. The van der Waals surface area contributed by atoms with E-state index in [9.17, 15) is 4.39 Å². The fourth-order valence-electron chi connectivity index (χ4n) is 1.58. The summed E-state index contributed by atoms with van der Waals surface area (Å²) in [6.07, 6.45) is 0.751. The van der Waals surface area contributed by atoms with Crippen LogP contribution in [0.1, 0.15) is 12.5 Å². The summed E-state index contributed by atoms with van der Waals surface area (Å²) in [6, 6.07) is 5.02. The van der Waals surface area contributed by atoms with Gasteiger partial charge in [-0.15, -0.1) is 0 Å². The zero-order chi connectivity index (χ0) is 13.4. The molecule has 0 bridgehead atoms. The molecule has 1 atom stereocenters. The van der Waals surface area contributed by atoms with E-state index in [0.717, 1.165) is 18.5 Å². The maximum atomic E-state index is 13.5. The number of nitrogens with one attached hydrogen (secondary N) is 1. The lowest BCUT2D eigenvalue weighted by atomic mass is 10.1. The smallest absolute Gasteiger partial charge is 0.165 e. The highest BCUT2D eigenvalue weighted by atomic mass is 19.1. The number of ether oxygens (including phenoxy) is 1. The van der Waals surface area contributed by atoms with E-state index in [1.54, 1.807) is 6.07 Å². The lowest BCUT2D eigenvalue weighted by molar-refractivity contribution is 0.321. The number of nitrogens with two attached hydrogens (primary N) is 2. The Hall–Kier alpha value is -1.17. The number of hydrogen-bond donors (Lipinski definition) is 3. The van der Waals surface area contributed by atoms with Gasteiger partial charge in [-0.3, -0.25) is 0 Å². The highest BCUT2D eigenvalue weighted by molar-refractivity contribution is 5.29. The predicted octanol–water partition coefficient (Wildman–Crippen LogP) is 0.643. The summed E-state index contributed by atoms with van der Waals surface area (Å²) >= 11 is 0. The van der Waals surface area contributed by atoms with E-state index in [4.69, 9.17) is 16.2 Å². The van der Waals surface area contributed by atoms with Crippen LogP contribution in [0.4, 0.5) is 4.39 Å². The van der Waals surface area contributed by atoms with Crippen LogP contribution in [0, 0.1) is 5.82 Å². The molecule has 0 amide bonds. The Labute approximate surface area is 107 Å². The van der Waals surface area contributed by atoms with Crippen LogP contribution in [0.3, 0.4) is 0 Å². The van der Waals surface area contributed by atoms with Gasteiger partial charge < -0.3 is 21.5 Å². The molecule has 4 nitrogen and oxygen atoms in total. The third kappa shape index (κ3) is 5.00. The van der Waals surface area contributed by atoms with Gasteiger partial charge in [-0.2, -0.15) is 0 Å². The zero-order valence-corrected chi connectivity index (χ0v) is 10.8. The summed E-state index contributed by atoms with van der Waals surface area (Å²) in [5.41, 5.74) is 12.0. The largest absolute Gasteiger partial charge is 0.491 e. The molecule has 0 fully saturated rings. The Morgan fingerprint density at radius 2 is 2.22 bits per heavy atom. The second kappa shape index (κ2) is 8.02. The molecule has 18 heavy (non-hydrogen) atoms. The fraction of sp³-hybridized carbons (Fsp3) is 0.538. The van der Waals surface area contributed by atoms with Crippen LogP contribution >= 0.6 is 0 Å². The van der Waals surface area contributed by atoms with Crippen LogP contribution in [-0.2, 0) is 6.42 Å². The number of hydrogen-bond acceptors (Lipinski definition) is 4. The van der Waals surface area contributed by atoms with Gasteiger partial charge in [0.15, 0.2) is 11.6 Å². The minimum absolute atomic E-state index is 0.0259. The van der Waals surface area contributed by atoms with Crippen molar-refractivity contribution >= 4 is 0 Å². The molecular weight excluding hydrogens is 233 g/mol. The molecule has 1 unspecified atom stereocenters. The van der Waals surface area contributed by atoms with Crippen LogP contribution in [0.15, 0.2) is 18.2 Å². The first-order valence-corrected chi connectivity index (χ1v) is 6.25. The van der Waals surface area contributed by atoms with Crippen molar-refractivity contribution in [2.75, 3.05) is 26.2 Å². The monoisotopic (exact) mass is 255 g/mol. The van der Waals surface area contributed by atoms with Crippen molar-refractivity contribution in [2.24, 2.45) is 11.5 Å². The van der Waals surface area contributed by atoms with Gasteiger partial charge in [0.2, 0.25) is 0 Å². The summed E-state index contributed by atoms with van der Waals surface area (Å²) in [4.78, 5) is 0. The first-order valence-electron chi connectivity index (χ1n) is 6.25. The van der Waals surface area contributed by atoms with Gasteiger partial charge >= 0.3 is 0 Å². The van der Waals surface area contributed by atoms with Crippen molar-refractivity contribution in [3.8, 4) is 5.75 Å². The normalized spacial score (nSPS) is 12.4. The highest BCUT2D eigenvalue weighted by Crippen LogP contribution is 2.18. The van der Waals surface area contributed by atoms with Gasteiger partial charge in [-0.1, -0.05) is 6.07 Å². The molecule has 0 aliphatic carbocycles. The van der Waals surface area contributed by atoms with Crippen molar-refractivity contribution in [1.29, 1.82) is 0 Å². The topological polar surface area (TPSA) is 73.3 Å². The average Bonchev–Trinajstić information content (AvgIpc) is 2.37. The van der Waals surface area contributed by atoms with Crippen LogP contribution in [0.25, 0.3) is 0 Å². The maximum absolute atomic E-state index is 13.5. The number of halogens is 1. The van der Waals surface area contributed by atoms with E-state index in [-0.39, 0.29) is 11.9 Å². The molecule has 0 saturated carbocycles. The van der Waals surface area contributed by atoms with Crippen LogP contribution in [0.2, 0.25) is 0 Å². The molecule has 1 aromatic carbocycles. The third-order valence-electron chi connectivity index (χ3n) is 2.60. The van der Waals surface area contributed by atoms with Crippen molar-refractivity contribution in [3.05, 3.63) is 29.6 Å². The second-order valence-corrected chi connectivity index (χ2v) is 4.15. The van der Waals surface area contributed by atoms with Gasteiger partial charge in [0.05, 0.1) is 6.61 Å². The van der Waals surface area contributed by atoms with E-state index >= 15 is 0 Å². The Bertz CT molecular complexity index is 360. The fourth-order valence-corrected chi connectivity index (χ4v) is 1.58. The molecule has 5 heteroatoms. The van der Waals surface area contributed by atoms with E-state index in [2.05, 4.69) is 5.32 Å². The van der Waals surface area contributed by atoms with Gasteiger partial charge in [0.25, 0.3) is 0 Å². The van der Waals surface area contributed by atoms with Crippen molar-refractivity contribution in [3.63, 3.8) is 0 Å². The summed E-state index contributed by atoms with van der Waals surface area (Å²) in [7, 11) is 0. The van der Waals surface area contributed by atoms with Gasteiger partial charge in [-0.25, -0.2) is 4.39 Å². The summed E-state index contributed by atoms with van der Waals surface area (Å²) in [5.74, 6) is -0.00706. The summed E-state index contributed by atoms with van der Waals surface area (Å²) in [6.45, 7) is 4.19. The Morgan fingerprint density at radius 3 is 2.83 bits per heavy atom. The lowest BCUT2D eigenvalue weighted by Gasteiger charge is -2.10. The molecule has 0 aliphatic rings. The van der Waals surface area contributed by atoms with Crippen LogP contribution in [0.5, 0.6) is 5.75 Å². The lowest BCUT2D eigenvalue weighted by Crippen LogP contribution is -2.40.